The zero-order valence-corrected chi connectivity index (χ0v) is 12.2. The molecule has 2 rings (SSSR count). The quantitative estimate of drug-likeness (QED) is 0.910. The predicted octanol–water partition coefficient (Wildman–Crippen LogP) is 2.65. The third-order valence-corrected chi connectivity index (χ3v) is 3.88. The van der Waals surface area contributed by atoms with Crippen LogP contribution in [0.4, 0.5) is 10.5 Å². The second kappa shape index (κ2) is 6.49. The molecule has 2 amide bonds. The predicted molar refractivity (Wildman–Crippen MR) is 80.9 cm³/mol. The van der Waals surface area contributed by atoms with Gasteiger partial charge in [-0.05, 0) is 31.2 Å². The number of benzene rings is 1. The summed E-state index contributed by atoms with van der Waals surface area (Å²) in [5.74, 6) is 0. The highest BCUT2D eigenvalue weighted by Crippen LogP contribution is 2.23. The van der Waals surface area contributed by atoms with Gasteiger partial charge in [-0.3, -0.25) is 0 Å². The summed E-state index contributed by atoms with van der Waals surface area (Å²) in [5, 5.41) is 14.7. The number of urea groups is 1. The first kappa shape index (κ1) is 14.5. The molecule has 0 spiro atoms. The highest BCUT2D eigenvalue weighted by atomic mass is 32.1. The van der Waals surface area contributed by atoms with E-state index in [4.69, 9.17) is 5.11 Å². The monoisotopic (exact) mass is 291 g/mol. The fourth-order valence-electron chi connectivity index (χ4n) is 1.60. The lowest BCUT2D eigenvalue weighted by Crippen LogP contribution is -2.40. The van der Waals surface area contributed by atoms with Gasteiger partial charge in [0.05, 0.1) is 12.6 Å². The second-order valence-corrected chi connectivity index (χ2v) is 5.38. The highest BCUT2D eigenvalue weighted by molar-refractivity contribution is 7.13. The molecule has 1 heterocycles. The molecule has 20 heavy (non-hydrogen) atoms. The van der Waals surface area contributed by atoms with Gasteiger partial charge in [0, 0.05) is 29.9 Å². The van der Waals surface area contributed by atoms with E-state index in [1.165, 1.54) is 4.90 Å². The van der Waals surface area contributed by atoms with Gasteiger partial charge in [-0.2, -0.15) is 0 Å². The summed E-state index contributed by atoms with van der Waals surface area (Å²) < 4.78 is 0. The van der Waals surface area contributed by atoms with Crippen molar-refractivity contribution in [2.45, 2.75) is 13.0 Å². The van der Waals surface area contributed by atoms with E-state index in [2.05, 4.69) is 10.3 Å². The zero-order valence-electron chi connectivity index (χ0n) is 11.4. The molecule has 1 aromatic carbocycles. The molecule has 0 fully saturated rings. The van der Waals surface area contributed by atoms with Gasteiger partial charge in [0.25, 0.3) is 0 Å². The summed E-state index contributed by atoms with van der Waals surface area (Å²) in [7, 11) is 1.65. The topological polar surface area (TPSA) is 65.5 Å². The summed E-state index contributed by atoms with van der Waals surface area (Å²) in [6.45, 7) is 1.72. The van der Waals surface area contributed by atoms with Crippen LogP contribution in [0.5, 0.6) is 0 Å². The van der Waals surface area contributed by atoms with Crippen LogP contribution in [-0.4, -0.2) is 40.7 Å². The van der Waals surface area contributed by atoms with Crippen molar-refractivity contribution >= 4 is 23.1 Å². The maximum Gasteiger partial charge on any atom is 0.321 e. The Kier molecular flexibility index (Phi) is 4.70. The van der Waals surface area contributed by atoms with Crippen molar-refractivity contribution in [3.05, 3.63) is 35.8 Å². The molecule has 0 aliphatic heterocycles. The summed E-state index contributed by atoms with van der Waals surface area (Å²) in [6.07, 6.45) is 1.76. The molecule has 0 saturated heterocycles. The molecule has 106 valence electrons. The van der Waals surface area contributed by atoms with Crippen molar-refractivity contribution in [1.82, 2.24) is 9.88 Å². The van der Waals surface area contributed by atoms with Gasteiger partial charge in [0.2, 0.25) is 0 Å². The molecule has 5 nitrogen and oxygen atoms in total. The molecule has 0 aliphatic carbocycles. The fourth-order valence-corrected chi connectivity index (χ4v) is 2.24. The average molecular weight is 291 g/mol. The van der Waals surface area contributed by atoms with E-state index in [0.29, 0.717) is 5.69 Å². The van der Waals surface area contributed by atoms with Crippen LogP contribution in [0, 0.1) is 0 Å². The fraction of sp³-hybridized carbons (Fsp3) is 0.286. The SMILES string of the molecule is CC(CO)N(C)C(=O)Nc1ccc(-c2nccs2)cc1. The average Bonchev–Trinajstić information content (AvgIpc) is 3.00. The summed E-state index contributed by atoms with van der Waals surface area (Å²) in [4.78, 5) is 17.6. The number of aromatic nitrogens is 1. The van der Waals surface area contributed by atoms with E-state index in [9.17, 15) is 4.79 Å². The standard InChI is InChI=1S/C14H17N3O2S/c1-10(9-18)17(2)14(19)16-12-5-3-11(4-6-12)13-15-7-8-20-13/h3-8,10,18H,9H2,1-2H3,(H,16,19). The Bertz CT molecular complexity index is 554. The van der Waals surface area contributed by atoms with Crippen LogP contribution in [0.1, 0.15) is 6.92 Å². The molecule has 1 aromatic heterocycles. The Morgan fingerprint density at radius 3 is 2.70 bits per heavy atom. The lowest BCUT2D eigenvalue weighted by atomic mass is 10.2. The number of nitrogens with one attached hydrogen (secondary N) is 1. The van der Waals surface area contributed by atoms with E-state index in [-0.39, 0.29) is 18.7 Å². The number of hydrogen-bond acceptors (Lipinski definition) is 4. The lowest BCUT2D eigenvalue weighted by Gasteiger charge is -2.23. The highest BCUT2D eigenvalue weighted by Gasteiger charge is 2.14. The minimum absolute atomic E-state index is 0.0626. The molecular formula is C14H17N3O2S. The Morgan fingerprint density at radius 1 is 1.45 bits per heavy atom. The van der Waals surface area contributed by atoms with Crippen molar-refractivity contribution in [2.24, 2.45) is 0 Å². The number of hydrogen-bond donors (Lipinski definition) is 2. The molecule has 1 unspecified atom stereocenters. The molecule has 6 heteroatoms. The van der Waals surface area contributed by atoms with Crippen molar-refractivity contribution < 1.29 is 9.90 Å². The number of nitrogens with zero attached hydrogens (tertiary/aromatic N) is 2. The van der Waals surface area contributed by atoms with E-state index in [1.807, 2.05) is 29.6 Å². The van der Waals surface area contributed by atoms with Crippen LogP contribution in [0.25, 0.3) is 10.6 Å². The Morgan fingerprint density at radius 2 is 2.15 bits per heavy atom. The van der Waals surface area contributed by atoms with Crippen LogP contribution in [0.3, 0.4) is 0 Å². The molecule has 0 aliphatic rings. The van der Waals surface area contributed by atoms with Crippen LogP contribution in [0.15, 0.2) is 35.8 Å². The van der Waals surface area contributed by atoms with Crippen LogP contribution >= 0.6 is 11.3 Å². The first-order valence-electron chi connectivity index (χ1n) is 6.26. The van der Waals surface area contributed by atoms with Crippen LogP contribution in [-0.2, 0) is 0 Å². The molecule has 2 aromatic rings. The van der Waals surface area contributed by atoms with Gasteiger partial charge in [0.15, 0.2) is 0 Å². The maximum atomic E-state index is 11.9. The van der Waals surface area contributed by atoms with Crippen molar-refractivity contribution in [3.63, 3.8) is 0 Å². The number of amides is 2. The first-order chi connectivity index (χ1) is 9.61. The van der Waals surface area contributed by atoms with E-state index < -0.39 is 0 Å². The van der Waals surface area contributed by atoms with Crippen molar-refractivity contribution in [3.8, 4) is 10.6 Å². The third kappa shape index (κ3) is 3.34. The summed E-state index contributed by atoms with van der Waals surface area (Å²) in [6, 6.07) is 7.06. The van der Waals surface area contributed by atoms with Gasteiger partial charge in [-0.15, -0.1) is 11.3 Å². The summed E-state index contributed by atoms with van der Waals surface area (Å²) in [5.41, 5.74) is 1.74. The molecule has 2 N–H and O–H groups in total. The Hall–Kier alpha value is -1.92. The second-order valence-electron chi connectivity index (χ2n) is 4.49. The molecule has 0 radical (unpaired) electrons. The number of aliphatic hydroxyl groups excluding tert-OH is 1. The van der Waals surface area contributed by atoms with Gasteiger partial charge < -0.3 is 15.3 Å². The summed E-state index contributed by atoms with van der Waals surface area (Å²) >= 11 is 1.57. The number of carbonyl (C=O) groups excluding carboxylic acids is 1. The third-order valence-electron chi connectivity index (χ3n) is 3.06. The zero-order chi connectivity index (χ0) is 14.5. The van der Waals surface area contributed by atoms with Crippen molar-refractivity contribution in [1.29, 1.82) is 0 Å². The normalized spacial score (nSPS) is 11.9. The number of likely N-dealkylation sites (N-methyl/N-ethyl adjacent to an activating group) is 1. The minimum atomic E-state index is -0.242. The number of rotatable bonds is 4. The van der Waals surface area contributed by atoms with Gasteiger partial charge in [-0.25, -0.2) is 9.78 Å². The number of carbonyl (C=O) groups is 1. The number of aliphatic hydroxyl groups is 1. The minimum Gasteiger partial charge on any atom is -0.394 e. The number of anilines is 1. The Labute approximate surface area is 121 Å². The first-order valence-corrected chi connectivity index (χ1v) is 7.14. The smallest absolute Gasteiger partial charge is 0.321 e. The van der Waals surface area contributed by atoms with Crippen molar-refractivity contribution in [2.75, 3.05) is 19.0 Å². The molecule has 1 atom stereocenters. The molecule has 0 bridgehead atoms. The molecule has 0 saturated carbocycles. The molecular weight excluding hydrogens is 274 g/mol. The van der Waals surface area contributed by atoms with E-state index >= 15 is 0 Å². The lowest BCUT2D eigenvalue weighted by molar-refractivity contribution is 0.166. The van der Waals surface area contributed by atoms with Gasteiger partial charge in [-0.1, -0.05) is 0 Å². The van der Waals surface area contributed by atoms with Crippen LogP contribution in [0.2, 0.25) is 0 Å². The van der Waals surface area contributed by atoms with Gasteiger partial charge >= 0.3 is 6.03 Å². The van der Waals surface area contributed by atoms with Gasteiger partial charge in [0.1, 0.15) is 5.01 Å². The van der Waals surface area contributed by atoms with E-state index in [0.717, 1.165) is 10.6 Å². The van der Waals surface area contributed by atoms with Crippen LogP contribution < -0.4 is 5.32 Å². The maximum absolute atomic E-state index is 11.9. The largest absolute Gasteiger partial charge is 0.394 e. The number of thiazole rings is 1. The Balaban J connectivity index is 2.02. The van der Waals surface area contributed by atoms with E-state index in [1.54, 1.807) is 31.5 Å².